The minimum atomic E-state index is -4.59. The SMILES string of the molecule is FC1(F)Oc2c(cc(Cl)c3cccnc23)C1(F)F. The van der Waals surface area contributed by atoms with Crippen molar-refractivity contribution in [2.45, 2.75) is 12.0 Å². The van der Waals surface area contributed by atoms with Crippen LogP contribution in [0.3, 0.4) is 0 Å². The Morgan fingerprint density at radius 1 is 1.22 bits per heavy atom. The van der Waals surface area contributed by atoms with Gasteiger partial charge < -0.3 is 4.74 Å². The van der Waals surface area contributed by atoms with Crippen LogP contribution in [0.4, 0.5) is 17.6 Å². The molecule has 0 radical (unpaired) electrons. The average Bonchev–Trinajstić information content (AvgIpc) is 2.49. The zero-order chi connectivity index (χ0) is 13.1. The van der Waals surface area contributed by atoms with Gasteiger partial charge in [-0.15, -0.1) is 0 Å². The quantitative estimate of drug-likeness (QED) is 0.680. The van der Waals surface area contributed by atoms with Crippen molar-refractivity contribution >= 4 is 22.5 Å². The lowest BCUT2D eigenvalue weighted by Crippen LogP contribution is -2.36. The number of hydrogen-bond acceptors (Lipinski definition) is 2. The van der Waals surface area contributed by atoms with Crippen LogP contribution in [-0.2, 0) is 5.92 Å². The summed E-state index contributed by atoms with van der Waals surface area (Å²) in [5.74, 6) is -5.04. The van der Waals surface area contributed by atoms with Crippen LogP contribution in [0.15, 0.2) is 24.4 Å². The molecule has 0 atom stereocenters. The van der Waals surface area contributed by atoms with Gasteiger partial charge in [-0.2, -0.15) is 17.6 Å². The average molecular weight is 278 g/mol. The van der Waals surface area contributed by atoms with Gasteiger partial charge >= 0.3 is 12.0 Å². The van der Waals surface area contributed by atoms with Crippen LogP contribution >= 0.6 is 11.6 Å². The summed E-state index contributed by atoms with van der Waals surface area (Å²) in [5.41, 5.74) is -1.04. The molecule has 1 aliphatic heterocycles. The number of fused-ring (bicyclic) bond motifs is 3. The Bertz CT molecular complexity index is 659. The minimum Gasteiger partial charge on any atom is -0.425 e. The highest BCUT2D eigenvalue weighted by atomic mass is 35.5. The van der Waals surface area contributed by atoms with Crippen LogP contribution in [-0.4, -0.2) is 11.1 Å². The summed E-state index contributed by atoms with van der Waals surface area (Å²) in [5, 5.41) is 0.212. The molecule has 7 heteroatoms. The van der Waals surface area contributed by atoms with E-state index < -0.39 is 23.3 Å². The summed E-state index contributed by atoms with van der Waals surface area (Å²) in [4.78, 5) is 3.77. The second kappa shape index (κ2) is 3.26. The van der Waals surface area contributed by atoms with E-state index in [4.69, 9.17) is 11.6 Å². The largest absolute Gasteiger partial charge is 0.469 e. The fourth-order valence-electron chi connectivity index (χ4n) is 1.86. The molecule has 0 aliphatic carbocycles. The van der Waals surface area contributed by atoms with Crippen LogP contribution in [0.25, 0.3) is 10.9 Å². The molecule has 18 heavy (non-hydrogen) atoms. The number of hydrogen-bond donors (Lipinski definition) is 0. The molecule has 2 heterocycles. The maximum atomic E-state index is 13.5. The topological polar surface area (TPSA) is 22.1 Å². The lowest BCUT2D eigenvalue weighted by atomic mass is 10.1. The molecule has 0 amide bonds. The summed E-state index contributed by atoms with van der Waals surface area (Å²) in [7, 11) is 0. The molecule has 0 N–H and O–H groups in total. The molecule has 1 aromatic heterocycles. The zero-order valence-electron chi connectivity index (χ0n) is 8.55. The van der Waals surface area contributed by atoms with E-state index in [0.717, 1.165) is 6.07 Å². The van der Waals surface area contributed by atoms with Gasteiger partial charge in [-0.25, -0.2) is 0 Å². The molecule has 3 rings (SSSR count). The predicted molar refractivity (Wildman–Crippen MR) is 56.2 cm³/mol. The van der Waals surface area contributed by atoms with E-state index in [-0.39, 0.29) is 15.9 Å². The first-order valence-corrected chi connectivity index (χ1v) is 5.25. The van der Waals surface area contributed by atoms with Gasteiger partial charge in [0.25, 0.3) is 0 Å². The molecule has 0 saturated heterocycles. The minimum absolute atomic E-state index is 0.0715. The number of ether oxygens (including phenoxy) is 1. The molecule has 0 saturated carbocycles. The second-order valence-electron chi connectivity index (χ2n) is 3.83. The lowest BCUT2D eigenvalue weighted by molar-refractivity contribution is -0.296. The van der Waals surface area contributed by atoms with E-state index in [0.29, 0.717) is 0 Å². The number of pyridine rings is 1. The molecule has 94 valence electrons. The van der Waals surface area contributed by atoms with Gasteiger partial charge in [-0.1, -0.05) is 11.6 Å². The molecular formula is C11H4ClF4NO. The van der Waals surface area contributed by atoms with Crippen LogP contribution < -0.4 is 4.74 Å². The molecule has 0 spiro atoms. The van der Waals surface area contributed by atoms with Gasteiger partial charge in [0.15, 0.2) is 5.75 Å². The molecule has 0 fully saturated rings. The van der Waals surface area contributed by atoms with Crippen molar-refractivity contribution in [3.8, 4) is 5.75 Å². The van der Waals surface area contributed by atoms with Crippen LogP contribution in [0.5, 0.6) is 5.75 Å². The lowest BCUT2D eigenvalue weighted by Gasteiger charge is -2.15. The van der Waals surface area contributed by atoms with Gasteiger partial charge in [-0.3, -0.25) is 4.98 Å². The molecule has 2 aromatic rings. The number of alkyl halides is 4. The van der Waals surface area contributed by atoms with Crippen molar-refractivity contribution in [3.05, 3.63) is 35.0 Å². The summed E-state index contributed by atoms with van der Waals surface area (Å²) < 4.78 is 57.3. The van der Waals surface area contributed by atoms with Crippen molar-refractivity contribution in [3.63, 3.8) is 0 Å². The van der Waals surface area contributed by atoms with Gasteiger partial charge in [0.1, 0.15) is 5.52 Å². The monoisotopic (exact) mass is 277 g/mol. The Kier molecular flexibility index (Phi) is 2.09. The van der Waals surface area contributed by atoms with Gasteiger partial charge in [0.05, 0.1) is 10.6 Å². The van der Waals surface area contributed by atoms with Crippen molar-refractivity contribution in [2.24, 2.45) is 0 Å². The Hall–Kier alpha value is -1.56. The molecule has 1 aromatic carbocycles. The second-order valence-corrected chi connectivity index (χ2v) is 4.24. The smallest absolute Gasteiger partial charge is 0.425 e. The number of nitrogens with zero attached hydrogens (tertiary/aromatic N) is 1. The summed E-state index contributed by atoms with van der Waals surface area (Å²) in [6, 6.07) is 3.80. The van der Waals surface area contributed by atoms with Gasteiger partial charge in [0, 0.05) is 11.6 Å². The van der Waals surface area contributed by atoms with E-state index in [1.165, 1.54) is 18.3 Å². The first kappa shape index (κ1) is 11.5. The van der Waals surface area contributed by atoms with E-state index in [9.17, 15) is 17.6 Å². The Labute approximate surface area is 103 Å². The predicted octanol–water partition coefficient (Wildman–Crippen LogP) is 3.97. The first-order chi connectivity index (χ1) is 8.34. The fourth-order valence-corrected chi connectivity index (χ4v) is 2.12. The normalized spacial score (nSPS) is 19.6. The molecule has 0 bridgehead atoms. The summed E-state index contributed by atoms with van der Waals surface area (Å²) >= 11 is 5.79. The number of halogens is 5. The fraction of sp³-hybridized carbons (Fsp3) is 0.182. The van der Waals surface area contributed by atoms with Gasteiger partial charge in [0.2, 0.25) is 0 Å². The zero-order valence-corrected chi connectivity index (χ0v) is 9.31. The molecule has 0 unspecified atom stereocenters. The summed E-state index contributed by atoms with van der Waals surface area (Å²) in [6.45, 7) is 0. The van der Waals surface area contributed by atoms with Crippen molar-refractivity contribution in [1.82, 2.24) is 4.98 Å². The third-order valence-electron chi connectivity index (χ3n) is 2.73. The Balaban J connectivity index is 2.42. The highest BCUT2D eigenvalue weighted by Crippen LogP contribution is 2.55. The Morgan fingerprint density at radius 3 is 2.67 bits per heavy atom. The van der Waals surface area contributed by atoms with E-state index >= 15 is 0 Å². The summed E-state index contributed by atoms with van der Waals surface area (Å²) in [6.07, 6.45) is -3.30. The van der Waals surface area contributed by atoms with E-state index in [2.05, 4.69) is 9.72 Å². The van der Waals surface area contributed by atoms with Gasteiger partial charge in [-0.05, 0) is 18.2 Å². The van der Waals surface area contributed by atoms with Crippen LogP contribution in [0.1, 0.15) is 5.56 Å². The van der Waals surface area contributed by atoms with Crippen LogP contribution in [0, 0.1) is 0 Å². The number of aromatic nitrogens is 1. The Morgan fingerprint density at radius 2 is 1.94 bits per heavy atom. The third kappa shape index (κ3) is 1.26. The molecule has 1 aliphatic rings. The van der Waals surface area contributed by atoms with Crippen molar-refractivity contribution in [1.29, 1.82) is 0 Å². The highest BCUT2D eigenvalue weighted by molar-refractivity contribution is 6.35. The van der Waals surface area contributed by atoms with E-state index in [1.54, 1.807) is 0 Å². The third-order valence-corrected chi connectivity index (χ3v) is 3.04. The van der Waals surface area contributed by atoms with Crippen LogP contribution in [0.2, 0.25) is 5.02 Å². The molecular weight excluding hydrogens is 274 g/mol. The highest BCUT2D eigenvalue weighted by Gasteiger charge is 2.67. The van der Waals surface area contributed by atoms with E-state index in [1.807, 2.05) is 0 Å². The number of benzene rings is 1. The maximum absolute atomic E-state index is 13.5. The standard InChI is InChI=1S/C11H4ClF4NO/c12-7-4-6-9(8-5(7)2-1-3-17-8)18-11(15,16)10(6,13)14/h1-4H. The van der Waals surface area contributed by atoms with Crippen molar-refractivity contribution in [2.75, 3.05) is 0 Å². The van der Waals surface area contributed by atoms with Crippen molar-refractivity contribution < 1.29 is 22.3 Å². The molecule has 2 nitrogen and oxygen atoms in total. The maximum Gasteiger partial charge on any atom is 0.469 e. The first-order valence-electron chi connectivity index (χ1n) is 4.87. The number of rotatable bonds is 0.